The first kappa shape index (κ1) is 19.1. The Morgan fingerprint density at radius 2 is 1.79 bits per heavy atom. The summed E-state index contributed by atoms with van der Waals surface area (Å²) >= 11 is 0. The molecule has 3 aromatic rings. The average molecular weight is 375 g/mol. The van der Waals surface area contributed by atoms with Gasteiger partial charge in [0.2, 0.25) is 5.91 Å². The molecule has 28 heavy (non-hydrogen) atoms. The molecule has 142 valence electrons. The molecule has 0 atom stereocenters. The Morgan fingerprint density at radius 3 is 2.50 bits per heavy atom. The number of rotatable bonds is 5. The largest absolute Gasteiger partial charge is 0.348 e. The number of carbonyl (C=O) groups is 2. The summed E-state index contributed by atoms with van der Waals surface area (Å²) < 4.78 is 0. The maximum atomic E-state index is 12.1. The molecule has 0 saturated carbocycles. The van der Waals surface area contributed by atoms with E-state index < -0.39 is 0 Å². The topological polar surface area (TPSA) is 82.3 Å². The van der Waals surface area contributed by atoms with Gasteiger partial charge in [-0.15, -0.1) is 0 Å². The molecular weight excluding hydrogens is 354 g/mol. The number of benzene rings is 2. The van der Waals surface area contributed by atoms with Crippen molar-refractivity contribution in [1.82, 2.24) is 15.2 Å². The number of amides is 2. The van der Waals surface area contributed by atoms with E-state index in [0.29, 0.717) is 11.1 Å². The Balaban J connectivity index is 1.62. The summed E-state index contributed by atoms with van der Waals surface area (Å²) in [4.78, 5) is 40.3. The van der Waals surface area contributed by atoms with E-state index in [2.05, 4.69) is 10.3 Å². The normalized spacial score (nSPS) is 10.9. The third kappa shape index (κ3) is 4.54. The number of pyridine rings is 1. The van der Waals surface area contributed by atoms with Gasteiger partial charge >= 0.3 is 0 Å². The van der Waals surface area contributed by atoms with Crippen LogP contribution in [0.4, 0.5) is 0 Å². The molecule has 0 fully saturated rings. The van der Waals surface area contributed by atoms with Gasteiger partial charge in [-0.3, -0.25) is 14.4 Å². The fourth-order valence-electron chi connectivity index (χ4n) is 2.73. The highest BCUT2D eigenvalue weighted by atomic mass is 16.2. The van der Waals surface area contributed by atoms with E-state index in [9.17, 15) is 14.4 Å². The van der Waals surface area contributed by atoms with Crippen LogP contribution in [0, 0.1) is 0 Å². The van der Waals surface area contributed by atoms with Crippen molar-refractivity contribution in [3.8, 4) is 0 Å². The SMILES string of the molecule is CN(C)C(=O)c1ccc(/C=C/C(=O)NCc2cc3ccccc3[nH]c2=O)cc1. The number of hydrogen-bond acceptors (Lipinski definition) is 3. The second kappa shape index (κ2) is 8.35. The minimum atomic E-state index is -0.305. The van der Waals surface area contributed by atoms with E-state index in [1.54, 1.807) is 50.5 Å². The number of aromatic amines is 1. The smallest absolute Gasteiger partial charge is 0.253 e. The van der Waals surface area contributed by atoms with Crippen LogP contribution < -0.4 is 10.9 Å². The molecule has 2 aromatic carbocycles. The lowest BCUT2D eigenvalue weighted by Crippen LogP contribution is -2.25. The van der Waals surface area contributed by atoms with Crippen LogP contribution in [0.1, 0.15) is 21.5 Å². The quantitative estimate of drug-likeness (QED) is 0.673. The minimum Gasteiger partial charge on any atom is -0.348 e. The highest BCUT2D eigenvalue weighted by molar-refractivity contribution is 5.94. The van der Waals surface area contributed by atoms with Gasteiger partial charge in [0, 0.05) is 43.4 Å². The first-order valence-corrected chi connectivity index (χ1v) is 8.82. The van der Waals surface area contributed by atoms with E-state index >= 15 is 0 Å². The van der Waals surface area contributed by atoms with Gasteiger partial charge in [0.25, 0.3) is 11.5 Å². The van der Waals surface area contributed by atoms with Crippen LogP contribution in [0.3, 0.4) is 0 Å². The summed E-state index contributed by atoms with van der Waals surface area (Å²) in [5, 5.41) is 3.62. The third-order valence-corrected chi connectivity index (χ3v) is 4.27. The van der Waals surface area contributed by atoms with Crippen molar-refractivity contribution in [3.05, 3.63) is 87.7 Å². The van der Waals surface area contributed by atoms with Crippen LogP contribution in [0.2, 0.25) is 0 Å². The first-order valence-electron chi connectivity index (χ1n) is 8.82. The van der Waals surface area contributed by atoms with Gasteiger partial charge in [-0.05, 0) is 41.3 Å². The van der Waals surface area contributed by atoms with E-state index in [1.807, 2.05) is 24.3 Å². The zero-order chi connectivity index (χ0) is 20.1. The van der Waals surface area contributed by atoms with Gasteiger partial charge < -0.3 is 15.2 Å². The molecule has 0 spiro atoms. The molecule has 1 aromatic heterocycles. The van der Waals surface area contributed by atoms with Crippen molar-refractivity contribution in [2.75, 3.05) is 14.1 Å². The van der Waals surface area contributed by atoms with Crippen molar-refractivity contribution < 1.29 is 9.59 Å². The highest BCUT2D eigenvalue weighted by Crippen LogP contribution is 2.10. The molecule has 2 N–H and O–H groups in total. The van der Waals surface area contributed by atoms with Crippen molar-refractivity contribution >= 4 is 28.8 Å². The molecule has 0 unspecified atom stereocenters. The number of fused-ring (bicyclic) bond motifs is 1. The maximum absolute atomic E-state index is 12.1. The number of hydrogen-bond donors (Lipinski definition) is 2. The van der Waals surface area contributed by atoms with Crippen LogP contribution in [-0.2, 0) is 11.3 Å². The van der Waals surface area contributed by atoms with E-state index in [0.717, 1.165) is 16.5 Å². The Kier molecular flexibility index (Phi) is 5.69. The predicted octanol–water partition coefficient (Wildman–Crippen LogP) is 2.56. The summed E-state index contributed by atoms with van der Waals surface area (Å²) in [6.45, 7) is 0.139. The molecule has 0 bridgehead atoms. The Morgan fingerprint density at radius 1 is 1.07 bits per heavy atom. The fraction of sp³-hybridized carbons (Fsp3) is 0.136. The second-order valence-electron chi connectivity index (χ2n) is 6.58. The highest BCUT2D eigenvalue weighted by Gasteiger charge is 2.07. The van der Waals surface area contributed by atoms with Crippen molar-refractivity contribution in [3.63, 3.8) is 0 Å². The van der Waals surface area contributed by atoms with Gasteiger partial charge in [-0.2, -0.15) is 0 Å². The fourth-order valence-corrected chi connectivity index (χ4v) is 2.73. The van der Waals surface area contributed by atoms with E-state index in [4.69, 9.17) is 0 Å². The average Bonchev–Trinajstić information content (AvgIpc) is 2.70. The Labute approximate surface area is 162 Å². The van der Waals surface area contributed by atoms with Crippen LogP contribution in [0.15, 0.2) is 65.5 Å². The first-order chi connectivity index (χ1) is 13.4. The van der Waals surface area contributed by atoms with Gasteiger partial charge in [0.1, 0.15) is 0 Å². The van der Waals surface area contributed by atoms with E-state index in [-0.39, 0.29) is 23.9 Å². The van der Waals surface area contributed by atoms with Gasteiger partial charge in [-0.1, -0.05) is 30.3 Å². The summed E-state index contributed by atoms with van der Waals surface area (Å²) in [6, 6.07) is 16.2. The molecule has 3 rings (SSSR count). The van der Waals surface area contributed by atoms with Crippen LogP contribution >= 0.6 is 0 Å². The summed E-state index contributed by atoms with van der Waals surface area (Å²) in [6.07, 6.45) is 3.06. The van der Waals surface area contributed by atoms with Crippen LogP contribution in [0.5, 0.6) is 0 Å². The molecular formula is C22H21N3O3. The number of nitrogens with zero attached hydrogens (tertiary/aromatic N) is 1. The molecule has 0 aliphatic rings. The molecule has 6 nitrogen and oxygen atoms in total. The van der Waals surface area contributed by atoms with E-state index in [1.165, 1.54) is 11.0 Å². The van der Waals surface area contributed by atoms with Gasteiger partial charge in [-0.25, -0.2) is 0 Å². The van der Waals surface area contributed by atoms with Gasteiger partial charge in [0.15, 0.2) is 0 Å². The second-order valence-corrected chi connectivity index (χ2v) is 6.58. The summed E-state index contributed by atoms with van der Waals surface area (Å²) in [5.41, 5.74) is 2.42. The Bertz CT molecular complexity index is 1100. The third-order valence-electron chi connectivity index (χ3n) is 4.27. The predicted molar refractivity (Wildman–Crippen MR) is 110 cm³/mol. The standard InChI is InChI=1S/C22H21N3O3/c1-25(2)22(28)16-10-7-15(8-11-16)9-12-20(26)23-14-18-13-17-5-3-4-6-19(17)24-21(18)27/h3-13H,14H2,1-2H3,(H,23,26)(H,24,27)/b12-9+. The molecule has 0 aliphatic heterocycles. The van der Waals surface area contributed by atoms with Crippen LogP contribution in [-0.4, -0.2) is 35.8 Å². The van der Waals surface area contributed by atoms with Crippen molar-refractivity contribution in [1.29, 1.82) is 0 Å². The number of nitrogens with one attached hydrogen (secondary N) is 2. The lowest BCUT2D eigenvalue weighted by atomic mass is 10.1. The number of H-pyrrole nitrogens is 1. The number of para-hydroxylation sites is 1. The molecule has 1 heterocycles. The number of aromatic nitrogens is 1. The minimum absolute atomic E-state index is 0.0751. The number of carbonyl (C=O) groups excluding carboxylic acids is 2. The molecule has 0 aliphatic carbocycles. The Hall–Kier alpha value is -3.67. The summed E-state index contributed by atoms with van der Waals surface area (Å²) in [7, 11) is 3.39. The van der Waals surface area contributed by atoms with Crippen LogP contribution in [0.25, 0.3) is 17.0 Å². The molecule has 0 saturated heterocycles. The molecule has 2 amide bonds. The monoisotopic (exact) mass is 375 g/mol. The lowest BCUT2D eigenvalue weighted by molar-refractivity contribution is -0.116. The summed E-state index contributed by atoms with van der Waals surface area (Å²) in [5.74, 6) is -0.380. The van der Waals surface area contributed by atoms with Crippen molar-refractivity contribution in [2.24, 2.45) is 0 Å². The zero-order valence-electron chi connectivity index (χ0n) is 15.7. The zero-order valence-corrected chi connectivity index (χ0v) is 15.7. The maximum Gasteiger partial charge on any atom is 0.253 e. The van der Waals surface area contributed by atoms with Crippen molar-refractivity contribution in [2.45, 2.75) is 6.54 Å². The van der Waals surface area contributed by atoms with Gasteiger partial charge in [0.05, 0.1) is 0 Å². The molecule has 0 radical (unpaired) electrons. The lowest BCUT2D eigenvalue weighted by Gasteiger charge is -2.09. The molecule has 6 heteroatoms.